The normalized spacial score (nSPS) is 12.4. The SMILES string of the molecule is CCCCCCCCCc1ccc(C(Sc2ccc(C(C)=O)c(OCC(=O)OC)c2)C(O)CCCC(=O)OC)cc1. The molecule has 0 aliphatic rings. The highest BCUT2D eigenvalue weighted by Gasteiger charge is 2.24. The van der Waals surface area contributed by atoms with Gasteiger partial charge in [0.05, 0.1) is 31.1 Å². The van der Waals surface area contributed by atoms with Crippen LogP contribution in [0.2, 0.25) is 0 Å². The van der Waals surface area contributed by atoms with Crippen LogP contribution in [0, 0.1) is 0 Å². The summed E-state index contributed by atoms with van der Waals surface area (Å²) in [6.07, 6.45) is 10.3. The van der Waals surface area contributed by atoms with Gasteiger partial charge in [0.25, 0.3) is 0 Å². The molecule has 0 fully saturated rings. The number of aliphatic hydroxyl groups is 1. The maximum atomic E-state index is 12.1. The molecule has 0 aliphatic carbocycles. The van der Waals surface area contributed by atoms with Gasteiger partial charge in [-0.1, -0.05) is 69.7 Å². The van der Waals surface area contributed by atoms with Crippen LogP contribution in [0.3, 0.4) is 0 Å². The minimum Gasteiger partial charge on any atom is -0.481 e. The standard InChI is InChI=1S/C33H46O7S/c1-5-6-7-8-9-10-11-13-25-16-18-26(19-17-25)33(29(35)14-12-15-31(36)38-3)41-27-20-21-28(24(2)34)30(22-27)40-23-32(37)39-4/h16-22,29,33,35H,5-15,23H2,1-4H3. The first kappa shape index (κ1) is 34.4. The van der Waals surface area contributed by atoms with Crippen molar-refractivity contribution in [1.29, 1.82) is 0 Å². The molecule has 1 N–H and O–H groups in total. The van der Waals surface area contributed by atoms with Crippen LogP contribution in [0.5, 0.6) is 5.75 Å². The number of methoxy groups -OCH3 is 2. The minimum absolute atomic E-state index is 0.183. The van der Waals surface area contributed by atoms with E-state index in [0.29, 0.717) is 18.4 Å². The lowest BCUT2D eigenvalue weighted by Gasteiger charge is -2.24. The molecular weight excluding hydrogens is 540 g/mol. The van der Waals surface area contributed by atoms with Crippen LogP contribution in [0.1, 0.15) is 105 Å². The zero-order valence-corrected chi connectivity index (χ0v) is 25.8. The van der Waals surface area contributed by atoms with E-state index < -0.39 is 12.1 Å². The number of thioether (sulfide) groups is 1. The summed E-state index contributed by atoms with van der Waals surface area (Å²) in [4.78, 5) is 36.2. The molecule has 0 amide bonds. The topological polar surface area (TPSA) is 99.1 Å². The Bertz CT molecular complexity index is 1080. The van der Waals surface area contributed by atoms with Crippen molar-refractivity contribution in [2.45, 2.75) is 101 Å². The number of unbranched alkanes of at least 4 members (excludes halogenated alkanes) is 6. The Kier molecular flexibility index (Phi) is 16.2. The van der Waals surface area contributed by atoms with E-state index in [2.05, 4.69) is 35.9 Å². The van der Waals surface area contributed by atoms with Gasteiger partial charge in [-0.15, -0.1) is 11.8 Å². The number of ether oxygens (including phenoxy) is 3. The van der Waals surface area contributed by atoms with E-state index in [4.69, 9.17) is 9.47 Å². The zero-order chi connectivity index (χ0) is 30.0. The van der Waals surface area contributed by atoms with Gasteiger partial charge in [0.1, 0.15) is 5.75 Å². The lowest BCUT2D eigenvalue weighted by Crippen LogP contribution is -2.17. The number of aliphatic hydroxyl groups excluding tert-OH is 1. The smallest absolute Gasteiger partial charge is 0.343 e. The van der Waals surface area contributed by atoms with E-state index in [1.807, 2.05) is 6.07 Å². The summed E-state index contributed by atoms with van der Waals surface area (Å²) < 4.78 is 15.0. The van der Waals surface area contributed by atoms with Crippen LogP contribution >= 0.6 is 11.8 Å². The van der Waals surface area contributed by atoms with Gasteiger partial charge in [-0.05, 0) is 61.9 Å². The molecule has 0 bridgehead atoms. The fourth-order valence-electron chi connectivity index (χ4n) is 4.57. The first-order valence-corrected chi connectivity index (χ1v) is 15.5. The molecule has 2 rings (SSSR count). The number of carbonyl (C=O) groups is 3. The predicted octanol–water partition coefficient (Wildman–Crippen LogP) is 7.27. The maximum absolute atomic E-state index is 12.1. The van der Waals surface area contributed by atoms with Gasteiger partial charge < -0.3 is 19.3 Å². The Morgan fingerprint density at radius 1 is 0.854 bits per heavy atom. The molecule has 0 spiro atoms. The van der Waals surface area contributed by atoms with Crippen molar-refractivity contribution in [3.63, 3.8) is 0 Å². The molecule has 2 aromatic carbocycles. The van der Waals surface area contributed by atoms with Crippen molar-refractivity contribution < 1.29 is 33.7 Å². The summed E-state index contributed by atoms with van der Waals surface area (Å²) in [5.41, 5.74) is 2.61. The number of esters is 2. The molecule has 0 saturated carbocycles. The minimum atomic E-state index is -0.731. The fraction of sp³-hybridized carbons (Fsp3) is 0.545. The molecule has 2 unspecified atom stereocenters. The van der Waals surface area contributed by atoms with Crippen LogP contribution in [0.25, 0.3) is 0 Å². The Morgan fingerprint density at radius 3 is 2.15 bits per heavy atom. The van der Waals surface area contributed by atoms with E-state index in [0.717, 1.165) is 23.3 Å². The van der Waals surface area contributed by atoms with Gasteiger partial charge in [-0.3, -0.25) is 9.59 Å². The molecule has 226 valence electrons. The molecule has 0 aromatic heterocycles. The van der Waals surface area contributed by atoms with E-state index in [9.17, 15) is 19.5 Å². The summed E-state index contributed by atoms with van der Waals surface area (Å²) in [6, 6.07) is 13.6. The number of carbonyl (C=O) groups excluding carboxylic acids is 3. The van der Waals surface area contributed by atoms with Crippen LogP contribution in [-0.4, -0.2) is 49.8 Å². The Labute approximate surface area is 249 Å². The number of hydrogen-bond acceptors (Lipinski definition) is 8. The van der Waals surface area contributed by atoms with E-state index in [-0.39, 0.29) is 35.8 Å². The van der Waals surface area contributed by atoms with Crippen LogP contribution in [0.4, 0.5) is 0 Å². The monoisotopic (exact) mass is 586 g/mol. The number of rotatable bonds is 20. The highest BCUT2D eigenvalue weighted by atomic mass is 32.2. The lowest BCUT2D eigenvalue weighted by atomic mass is 9.99. The summed E-state index contributed by atoms with van der Waals surface area (Å²) >= 11 is 1.45. The fourth-order valence-corrected chi connectivity index (χ4v) is 5.77. The average Bonchev–Trinajstić information content (AvgIpc) is 2.98. The summed E-state index contributed by atoms with van der Waals surface area (Å²) in [5, 5.41) is 10.9. The zero-order valence-electron chi connectivity index (χ0n) is 25.0. The lowest BCUT2D eigenvalue weighted by molar-refractivity contribution is -0.143. The van der Waals surface area contributed by atoms with Gasteiger partial charge in [0.2, 0.25) is 0 Å². The number of ketones is 1. The Hall–Kier alpha value is -2.84. The molecule has 7 nitrogen and oxygen atoms in total. The largest absolute Gasteiger partial charge is 0.481 e. The van der Waals surface area contributed by atoms with E-state index in [1.165, 1.54) is 77.0 Å². The third-order valence-corrected chi connectivity index (χ3v) is 8.37. The van der Waals surface area contributed by atoms with Crippen molar-refractivity contribution in [1.82, 2.24) is 0 Å². The van der Waals surface area contributed by atoms with Crippen LogP contribution in [-0.2, 0) is 25.5 Å². The molecule has 0 saturated heterocycles. The Balaban J connectivity index is 2.17. The van der Waals surface area contributed by atoms with Gasteiger partial charge >= 0.3 is 11.9 Å². The quantitative estimate of drug-likeness (QED) is 0.0748. The molecular formula is C33H46O7S. The molecule has 2 atom stereocenters. The molecule has 8 heteroatoms. The number of Topliss-reactive ketones (excluding diaryl/α,β-unsaturated/α-hetero) is 1. The summed E-state index contributed by atoms with van der Waals surface area (Å²) in [5.74, 6) is -0.745. The van der Waals surface area contributed by atoms with E-state index >= 15 is 0 Å². The van der Waals surface area contributed by atoms with Gasteiger partial charge in [0, 0.05) is 11.3 Å². The molecule has 41 heavy (non-hydrogen) atoms. The first-order valence-electron chi connectivity index (χ1n) is 14.6. The second-order valence-electron chi connectivity index (χ2n) is 10.3. The van der Waals surface area contributed by atoms with Crippen molar-refractivity contribution in [2.75, 3.05) is 20.8 Å². The van der Waals surface area contributed by atoms with Crippen molar-refractivity contribution in [3.05, 3.63) is 59.2 Å². The van der Waals surface area contributed by atoms with Gasteiger partial charge in [-0.25, -0.2) is 4.79 Å². The van der Waals surface area contributed by atoms with Gasteiger partial charge in [-0.2, -0.15) is 0 Å². The number of benzene rings is 2. The highest BCUT2D eigenvalue weighted by Crippen LogP contribution is 2.41. The van der Waals surface area contributed by atoms with Gasteiger partial charge in [0.15, 0.2) is 12.4 Å². The summed E-state index contributed by atoms with van der Waals surface area (Å²) in [6.45, 7) is 3.36. The second kappa shape index (κ2) is 19.3. The van der Waals surface area contributed by atoms with E-state index in [1.54, 1.807) is 12.1 Å². The predicted molar refractivity (Wildman–Crippen MR) is 163 cm³/mol. The second-order valence-corrected chi connectivity index (χ2v) is 11.5. The molecule has 0 aliphatic heterocycles. The Morgan fingerprint density at radius 2 is 1.51 bits per heavy atom. The third-order valence-electron chi connectivity index (χ3n) is 7.00. The highest BCUT2D eigenvalue weighted by molar-refractivity contribution is 7.99. The van der Waals surface area contributed by atoms with Crippen LogP contribution < -0.4 is 4.74 Å². The van der Waals surface area contributed by atoms with Crippen molar-refractivity contribution in [2.24, 2.45) is 0 Å². The first-order chi connectivity index (χ1) is 19.8. The summed E-state index contributed by atoms with van der Waals surface area (Å²) in [7, 11) is 2.63. The van der Waals surface area contributed by atoms with Crippen molar-refractivity contribution >= 4 is 29.5 Å². The molecule has 2 aromatic rings. The number of hydrogen-bond donors (Lipinski definition) is 1. The van der Waals surface area contributed by atoms with Crippen molar-refractivity contribution in [3.8, 4) is 5.75 Å². The average molecular weight is 587 g/mol. The maximum Gasteiger partial charge on any atom is 0.343 e. The third kappa shape index (κ3) is 12.7. The molecule has 0 radical (unpaired) electrons. The molecule has 0 heterocycles. The van der Waals surface area contributed by atoms with Crippen LogP contribution in [0.15, 0.2) is 47.4 Å². The number of aryl methyl sites for hydroxylation is 1.